The van der Waals surface area contributed by atoms with Crippen LogP contribution < -0.4 is 0 Å². The maximum atomic E-state index is 8.96. The standard InChI is InChI=1S/C19H22N2/c1-13-8-16-17(10-15(13)9-14(11-20)12-21)19(4,5)7-6-18(16,2)3/h8-10H,6-7H2,1-5H3. The molecular weight excluding hydrogens is 256 g/mol. The Balaban J connectivity index is 2.69. The van der Waals surface area contributed by atoms with Crippen LogP contribution in [0.4, 0.5) is 0 Å². The average molecular weight is 278 g/mol. The molecule has 1 aromatic rings. The topological polar surface area (TPSA) is 47.6 Å². The quantitative estimate of drug-likeness (QED) is 0.694. The van der Waals surface area contributed by atoms with Crippen molar-refractivity contribution in [2.24, 2.45) is 0 Å². The van der Waals surface area contributed by atoms with E-state index in [9.17, 15) is 0 Å². The Hall–Kier alpha value is -2.06. The SMILES string of the molecule is Cc1cc2c(cc1C=C(C#N)C#N)C(C)(C)CCC2(C)C. The average Bonchev–Trinajstić information content (AvgIpc) is 2.42. The van der Waals surface area contributed by atoms with Crippen LogP contribution in [0.2, 0.25) is 0 Å². The number of rotatable bonds is 1. The molecule has 0 spiro atoms. The Kier molecular flexibility index (Phi) is 3.68. The highest BCUT2D eigenvalue weighted by Gasteiger charge is 2.37. The predicted octanol–water partition coefficient (Wildman–Crippen LogP) is 4.77. The fraction of sp³-hybridized carbons (Fsp3) is 0.474. The lowest BCUT2D eigenvalue weighted by Gasteiger charge is -2.42. The Morgan fingerprint density at radius 3 is 1.95 bits per heavy atom. The van der Waals surface area contributed by atoms with E-state index in [0.717, 1.165) is 17.5 Å². The molecule has 2 rings (SSSR count). The van der Waals surface area contributed by atoms with Crippen LogP contribution in [0.1, 0.15) is 62.8 Å². The van der Waals surface area contributed by atoms with E-state index in [-0.39, 0.29) is 16.4 Å². The van der Waals surface area contributed by atoms with Crippen molar-refractivity contribution >= 4 is 6.08 Å². The van der Waals surface area contributed by atoms with Gasteiger partial charge in [-0.05, 0) is 58.9 Å². The van der Waals surface area contributed by atoms with Gasteiger partial charge >= 0.3 is 0 Å². The van der Waals surface area contributed by atoms with Crippen LogP contribution in [0.25, 0.3) is 6.08 Å². The summed E-state index contributed by atoms with van der Waals surface area (Å²) in [5.41, 5.74) is 5.35. The number of benzene rings is 1. The first-order valence-electron chi connectivity index (χ1n) is 7.39. The van der Waals surface area contributed by atoms with Crippen LogP contribution in [0.15, 0.2) is 17.7 Å². The van der Waals surface area contributed by atoms with Crippen LogP contribution >= 0.6 is 0 Å². The number of allylic oxidation sites excluding steroid dienone is 1. The minimum absolute atomic E-state index is 0.139. The molecule has 0 heterocycles. The highest BCUT2D eigenvalue weighted by atomic mass is 14.4. The van der Waals surface area contributed by atoms with Crippen molar-refractivity contribution in [3.8, 4) is 12.1 Å². The van der Waals surface area contributed by atoms with Gasteiger partial charge in [0, 0.05) is 0 Å². The van der Waals surface area contributed by atoms with Crippen LogP contribution in [-0.4, -0.2) is 0 Å². The molecule has 1 aliphatic rings. The molecule has 108 valence electrons. The number of nitriles is 2. The van der Waals surface area contributed by atoms with E-state index >= 15 is 0 Å². The molecule has 21 heavy (non-hydrogen) atoms. The number of fused-ring (bicyclic) bond motifs is 1. The Morgan fingerprint density at radius 1 is 1.00 bits per heavy atom. The number of hydrogen-bond donors (Lipinski definition) is 0. The third kappa shape index (κ3) is 2.72. The van der Waals surface area contributed by atoms with Crippen molar-refractivity contribution in [1.29, 1.82) is 10.5 Å². The summed E-state index contributed by atoms with van der Waals surface area (Å²) in [7, 11) is 0. The summed E-state index contributed by atoms with van der Waals surface area (Å²) in [4.78, 5) is 0. The lowest BCUT2D eigenvalue weighted by molar-refractivity contribution is 0.331. The first-order valence-corrected chi connectivity index (χ1v) is 7.39. The summed E-state index contributed by atoms with van der Waals surface area (Å²) in [6.07, 6.45) is 4.04. The molecule has 0 aromatic heterocycles. The summed E-state index contributed by atoms with van der Waals surface area (Å²) in [5, 5.41) is 17.9. The maximum absolute atomic E-state index is 8.96. The molecule has 0 bridgehead atoms. The normalized spacial score (nSPS) is 18.0. The lowest BCUT2D eigenvalue weighted by Crippen LogP contribution is -2.34. The van der Waals surface area contributed by atoms with Crippen LogP contribution in [0.3, 0.4) is 0 Å². The zero-order chi connectivity index (χ0) is 15.8. The number of aryl methyl sites for hydroxylation is 1. The molecule has 2 heteroatoms. The van der Waals surface area contributed by atoms with Crippen molar-refractivity contribution in [2.45, 2.75) is 58.3 Å². The van der Waals surface area contributed by atoms with Gasteiger partial charge in [-0.1, -0.05) is 39.8 Å². The summed E-state index contributed by atoms with van der Waals surface area (Å²) < 4.78 is 0. The maximum Gasteiger partial charge on any atom is 0.130 e. The van der Waals surface area contributed by atoms with E-state index in [1.54, 1.807) is 6.08 Å². The molecule has 0 unspecified atom stereocenters. The van der Waals surface area contributed by atoms with Gasteiger partial charge in [0.1, 0.15) is 17.7 Å². The molecule has 0 saturated carbocycles. The van der Waals surface area contributed by atoms with Crippen LogP contribution in [0, 0.1) is 29.6 Å². The summed E-state index contributed by atoms with van der Waals surface area (Å²) in [5.74, 6) is 0. The van der Waals surface area contributed by atoms with Gasteiger partial charge in [-0.15, -0.1) is 0 Å². The van der Waals surface area contributed by atoms with Gasteiger partial charge in [0.25, 0.3) is 0 Å². The van der Waals surface area contributed by atoms with Gasteiger partial charge in [0.15, 0.2) is 0 Å². The Labute approximate surface area is 127 Å². The highest BCUT2D eigenvalue weighted by Crippen LogP contribution is 2.46. The fourth-order valence-corrected chi connectivity index (χ4v) is 3.14. The Morgan fingerprint density at radius 2 is 1.48 bits per heavy atom. The molecule has 0 N–H and O–H groups in total. The van der Waals surface area contributed by atoms with E-state index in [2.05, 4.69) is 46.8 Å². The Bertz CT molecular complexity index is 676. The monoisotopic (exact) mass is 278 g/mol. The van der Waals surface area contributed by atoms with Crippen molar-refractivity contribution in [2.75, 3.05) is 0 Å². The minimum Gasteiger partial charge on any atom is -0.192 e. The largest absolute Gasteiger partial charge is 0.192 e. The van der Waals surface area contributed by atoms with Gasteiger partial charge in [-0.2, -0.15) is 10.5 Å². The second-order valence-corrected chi connectivity index (χ2v) is 7.30. The van der Waals surface area contributed by atoms with E-state index in [0.29, 0.717) is 0 Å². The zero-order valence-electron chi connectivity index (χ0n) is 13.5. The molecule has 0 aliphatic heterocycles. The molecule has 1 aromatic carbocycles. The molecule has 0 amide bonds. The van der Waals surface area contributed by atoms with E-state index in [1.165, 1.54) is 17.5 Å². The molecule has 0 atom stereocenters. The minimum atomic E-state index is 0.139. The molecular formula is C19H22N2. The molecule has 2 nitrogen and oxygen atoms in total. The van der Waals surface area contributed by atoms with E-state index in [1.807, 2.05) is 12.1 Å². The second-order valence-electron chi connectivity index (χ2n) is 7.30. The molecule has 0 fully saturated rings. The third-order valence-electron chi connectivity index (χ3n) is 4.78. The predicted molar refractivity (Wildman–Crippen MR) is 85.7 cm³/mol. The molecule has 0 radical (unpaired) electrons. The summed E-state index contributed by atoms with van der Waals surface area (Å²) >= 11 is 0. The summed E-state index contributed by atoms with van der Waals surface area (Å²) in [6.45, 7) is 11.2. The van der Waals surface area contributed by atoms with Crippen molar-refractivity contribution in [3.05, 3.63) is 40.0 Å². The number of nitrogens with zero attached hydrogens (tertiary/aromatic N) is 2. The molecule has 0 saturated heterocycles. The lowest BCUT2D eigenvalue weighted by atomic mass is 9.62. The first-order chi connectivity index (χ1) is 9.71. The van der Waals surface area contributed by atoms with Crippen molar-refractivity contribution in [3.63, 3.8) is 0 Å². The van der Waals surface area contributed by atoms with Gasteiger partial charge in [-0.3, -0.25) is 0 Å². The van der Waals surface area contributed by atoms with Crippen molar-refractivity contribution < 1.29 is 0 Å². The van der Waals surface area contributed by atoms with Gasteiger partial charge < -0.3 is 0 Å². The summed E-state index contributed by atoms with van der Waals surface area (Å²) in [6, 6.07) is 8.31. The molecule has 1 aliphatic carbocycles. The van der Waals surface area contributed by atoms with E-state index in [4.69, 9.17) is 10.5 Å². The van der Waals surface area contributed by atoms with Gasteiger partial charge in [0.05, 0.1) is 0 Å². The van der Waals surface area contributed by atoms with Crippen LogP contribution in [-0.2, 0) is 10.8 Å². The van der Waals surface area contributed by atoms with Crippen LogP contribution in [0.5, 0.6) is 0 Å². The van der Waals surface area contributed by atoms with Crippen molar-refractivity contribution in [1.82, 2.24) is 0 Å². The zero-order valence-corrected chi connectivity index (χ0v) is 13.5. The smallest absolute Gasteiger partial charge is 0.130 e. The van der Waals surface area contributed by atoms with E-state index < -0.39 is 0 Å². The first kappa shape index (κ1) is 15.3. The highest BCUT2D eigenvalue weighted by molar-refractivity contribution is 5.66. The fourth-order valence-electron chi connectivity index (χ4n) is 3.14. The number of hydrogen-bond acceptors (Lipinski definition) is 2. The van der Waals surface area contributed by atoms with Gasteiger partial charge in [-0.25, -0.2) is 0 Å². The second kappa shape index (κ2) is 5.05. The third-order valence-corrected chi connectivity index (χ3v) is 4.78. The van der Waals surface area contributed by atoms with Gasteiger partial charge in [0.2, 0.25) is 0 Å².